The van der Waals surface area contributed by atoms with Gasteiger partial charge in [0, 0.05) is 12.3 Å². The molecule has 0 heterocycles. The van der Waals surface area contributed by atoms with E-state index in [-0.39, 0.29) is 5.92 Å². The maximum Gasteiger partial charge on any atom is 0.309 e. The molecular formula is C18H30O4. The molecule has 0 aromatic rings. The standard InChI is InChI=1S/C18H30O4/c1-4-12(3)17(20)11-14-10-13(14)8-6-7-9-16(19)15(5-2)18(21)22/h6-7,12-16,19H,4-5,8-11H2,1-3H3,(H,21,22)/b7-6-/t12-,13?,14?,15+,16+/m0/s1. The zero-order valence-corrected chi connectivity index (χ0v) is 14.0. The molecule has 0 aromatic carbocycles. The molecule has 0 saturated heterocycles. The number of carboxylic acid groups (broad SMARTS) is 1. The number of carboxylic acids is 1. The zero-order valence-electron chi connectivity index (χ0n) is 14.0. The van der Waals surface area contributed by atoms with Crippen LogP contribution in [0.15, 0.2) is 12.2 Å². The van der Waals surface area contributed by atoms with Gasteiger partial charge in [-0.1, -0.05) is 32.9 Å². The van der Waals surface area contributed by atoms with Gasteiger partial charge in [-0.25, -0.2) is 0 Å². The molecule has 0 amide bonds. The quantitative estimate of drug-likeness (QED) is 0.573. The summed E-state index contributed by atoms with van der Waals surface area (Å²) >= 11 is 0. The predicted molar refractivity (Wildman–Crippen MR) is 86.5 cm³/mol. The summed E-state index contributed by atoms with van der Waals surface area (Å²) in [5.74, 6) is 0.0394. The van der Waals surface area contributed by atoms with Gasteiger partial charge in [0.25, 0.3) is 0 Å². The highest BCUT2D eigenvalue weighted by Crippen LogP contribution is 2.44. The fourth-order valence-electron chi connectivity index (χ4n) is 2.82. The summed E-state index contributed by atoms with van der Waals surface area (Å²) in [4.78, 5) is 22.8. The van der Waals surface area contributed by atoms with Crippen molar-refractivity contribution in [1.29, 1.82) is 0 Å². The summed E-state index contributed by atoms with van der Waals surface area (Å²) < 4.78 is 0. The molecule has 2 N–H and O–H groups in total. The average molecular weight is 310 g/mol. The van der Waals surface area contributed by atoms with E-state index < -0.39 is 18.0 Å². The van der Waals surface area contributed by atoms with Crippen LogP contribution in [0, 0.1) is 23.7 Å². The van der Waals surface area contributed by atoms with Crippen LogP contribution in [0.25, 0.3) is 0 Å². The Morgan fingerprint density at radius 1 is 1.18 bits per heavy atom. The van der Waals surface area contributed by atoms with E-state index in [1.54, 1.807) is 6.92 Å². The maximum absolute atomic E-state index is 11.9. The number of aliphatic carboxylic acids is 1. The van der Waals surface area contributed by atoms with Gasteiger partial charge in [0.1, 0.15) is 5.78 Å². The molecule has 0 radical (unpaired) electrons. The third-order valence-electron chi connectivity index (χ3n) is 4.90. The minimum Gasteiger partial charge on any atom is -0.481 e. The number of hydrogen-bond acceptors (Lipinski definition) is 3. The van der Waals surface area contributed by atoms with Crippen molar-refractivity contribution in [3.05, 3.63) is 12.2 Å². The molecule has 1 saturated carbocycles. The van der Waals surface area contributed by atoms with Crippen LogP contribution < -0.4 is 0 Å². The van der Waals surface area contributed by atoms with Gasteiger partial charge in [-0.2, -0.15) is 0 Å². The Morgan fingerprint density at radius 3 is 2.41 bits per heavy atom. The first-order chi connectivity index (χ1) is 10.4. The van der Waals surface area contributed by atoms with E-state index >= 15 is 0 Å². The SMILES string of the molecule is CC[C@H](C)C(=O)CC1CC1C/C=C\C[C@@H](O)[C@@H](CC)C(=O)O. The van der Waals surface area contributed by atoms with Crippen LogP contribution in [0.2, 0.25) is 0 Å². The summed E-state index contributed by atoms with van der Waals surface area (Å²) in [5.41, 5.74) is 0. The molecule has 126 valence electrons. The van der Waals surface area contributed by atoms with E-state index in [1.807, 2.05) is 26.0 Å². The minimum absolute atomic E-state index is 0.175. The summed E-state index contributed by atoms with van der Waals surface area (Å²) in [6, 6.07) is 0. The number of ketones is 1. The molecular weight excluding hydrogens is 280 g/mol. The molecule has 1 rings (SSSR count). The fraction of sp³-hybridized carbons (Fsp3) is 0.778. The van der Waals surface area contributed by atoms with E-state index in [4.69, 9.17) is 5.11 Å². The molecule has 1 aliphatic carbocycles. The lowest BCUT2D eigenvalue weighted by Crippen LogP contribution is -2.26. The van der Waals surface area contributed by atoms with Gasteiger partial charge in [-0.15, -0.1) is 0 Å². The van der Waals surface area contributed by atoms with Crippen molar-refractivity contribution in [2.24, 2.45) is 23.7 Å². The number of aliphatic hydroxyl groups excluding tert-OH is 1. The summed E-state index contributed by atoms with van der Waals surface area (Å²) in [6.45, 7) is 5.81. The number of rotatable bonds is 11. The number of allylic oxidation sites excluding steroid dienone is 1. The molecule has 0 bridgehead atoms. The first kappa shape index (κ1) is 18.9. The summed E-state index contributed by atoms with van der Waals surface area (Å²) in [6.07, 6.45) is 7.56. The molecule has 2 unspecified atom stereocenters. The molecule has 22 heavy (non-hydrogen) atoms. The van der Waals surface area contributed by atoms with Crippen molar-refractivity contribution < 1.29 is 19.8 Å². The van der Waals surface area contributed by atoms with Crippen molar-refractivity contribution in [2.45, 2.75) is 65.4 Å². The normalized spacial score (nSPS) is 24.9. The third-order valence-corrected chi connectivity index (χ3v) is 4.90. The van der Waals surface area contributed by atoms with Gasteiger partial charge in [-0.05, 0) is 43.9 Å². The van der Waals surface area contributed by atoms with E-state index in [2.05, 4.69) is 0 Å². The van der Waals surface area contributed by atoms with Gasteiger partial charge >= 0.3 is 5.97 Å². The summed E-state index contributed by atoms with van der Waals surface area (Å²) in [5, 5.41) is 18.8. The van der Waals surface area contributed by atoms with Crippen LogP contribution in [0.5, 0.6) is 0 Å². The Balaban J connectivity index is 2.23. The van der Waals surface area contributed by atoms with Gasteiger partial charge in [0.15, 0.2) is 0 Å². The molecule has 0 aliphatic heterocycles. The highest BCUT2D eigenvalue weighted by Gasteiger charge is 2.37. The Bertz CT molecular complexity index is 402. The van der Waals surface area contributed by atoms with Crippen molar-refractivity contribution >= 4 is 11.8 Å². The van der Waals surface area contributed by atoms with Crippen molar-refractivity contribution in [3.8, 4) is 0 Å². The molecule has 1 aliphatic rings. The molecule has 4 nitrogen and oxygen atoms in total. The summed E-state index contributed by atoms with van der Waals surface area (Å²) in [7, 11) is 0. The zero-order chi connectivity index (χ0) is 16.7. The lowest BCUT2D eigenvalue weighted by atomic mass is 9.96. The largest absolute Gasteiger partial charge is 0.481 e. The van der Waals surface area contributed by atoms with Crippen LogP contribution in [0.3, 0.4) is 0 Å². The second-order valence-electron chi connectivity index (χ2n) is 6.60. The van der Waals surface area contributed by atoms with Crippen LogP contribution in [-0.2, 0) is 9.59 Å². The first-order valence-electron chi connectivity index (χ1n) is 8.49. The first-order valence-corrected chi connectivity index (χ1v) is 8.49. The van der Waals surface area contributed by atoms with Crippen LogP contribution >= 0.6 is 0 Å². The van der Waals surface area contributed by atoms with E-state index in [1.165, 1.54) is 0 Å². The van der Waals surface area contributed by atoms with Gasteiger partial charge in [-0.3, -0.25) is 9.59 Å². The molecule has 5 atom stereocenters. The minimum atomic E-state index is -0.936. The van der Waals surface area contributed by atoms with Crippen molar-refractivity contribution in [2.75, 3.05) is 0 Å². The second-order valence-corrected chi connectivity index (χ2v) is 6.60. The topological polar surface area (TPSA) is 74.6 Å². The number of carbonyl (C=O) groups excluding carboxylic acids is 1. The molecule has 0 spiro atoms. The van der Waals surface area contributed by atoms with Crippen molar-refractivity contribution in [3.63, 3.8) is 0 Å². The second kappa shape index (κ2) is 9.09. The molecule has 0 aromatic heterocycles. The van der Waals surface area contributed by atoms with Crippen LogP contribution in [-0.4, -0.2) is 28.1 Å². The lowest BCUT2D eigenvalue weighted by molar-refractivity contribution is -0.145. The molecule has 4 heteroatoms. The highest BCUT2D eigenvalue weighted by molar-refractivity contribution is 5.81. The number of hydrogen-bond donors (Lipinski definition) is 2. The number of aliphatic hydroxyl groups is 1. The number of carbonyl (C=O) groups is 2. The fourth-order valence-corrected chi connectivity index (χ4v) is 2.82. The average Bonchev–Trinajstić information content (AvgIpc) is 3.20. The van der Waals surface area contributed by atoms with Gasteiger partial charge in [0.2, 0.25) is 0 Å². The monoisotopic (exact) mass is 310 g/mol. The lowest BCUT2D eigenvalue weighted by Gasteiger charge is -2.15. The molecule has 1 fully saturated rings. The van der Waals surface area contributed by atoms with E-state index in [0.717, 1.165) is 19.3 Å². The Morgan fingerprint density at radius 2 is 1.86 bits per heavy atom. The van der Waals surface area contributed by atoms with E-state index in [9.17, 15) is 14.7 Å². The highest BCUT2D eigenvalue weighted by atomic mass is 16.4. The van der Waals surface area contributed by atoms with Crippen LogP contribution in [0.1, 0.15) is 59.3 Å². The number of Topliss-reactive ketones (excluding diaryl/α,β-unsaturated/α-hetero) is 1. The maximum atomic E-state index is 11.9. The Kier molecular flexibility index (Phi) is 7.80. The predicted octanol–water partition coefficient (Wildman–Crippen LogP) is 3.44. The third kappa shape index (κ3) is 5.91. The van der Waals surface area contributed by atoms with E-state index in [0.29, 0.717) is 36.9 Å². The smallest absolute Gasteiger partial charge is 0.309 e. The Labute approximate surface area is 133 Å². The van der Waals surface area contributed by atoms with Gasteiger partial charge in [0.05, 0.1) is 12.0 Å². The van der Waals surface area contributed by atoms with Crippen LogP contribution in [0.4, 0.5) is 0 Å². The van der Waals surface area contributed by atoms with Crippen molar-refractivity contribution in [1.82, 2.24) is 0 Å². The van der Waals surface area contributed by atoms with Gasteiger partial charge < -0.3 is 10.2 Å². The Hall–Kier alpha value is -1.16.